The summed E-state index contributed by atoms with van der Waals surface area (Å²) in [5.74, 6) is 0. The number of rotatable bonds is 4. The molecule has 1 aromatic carbocycles. The highest BCUT2D eigenvalue weighted by Gasteiger charge is 2.37. The Labute approximate surface area is 91.0 Å². The molecule has 0 N–H and O–H groups in total. The lowest BCUT2D eigenvalue weighted by atomic mass is 10.2. The van der Waals surface area contributed by atoms with Gasteiger partial charge in [0, 0.05) is 0 Å². The van der Waals surface area contributed by atoms with Crippen LogP contribution >= 0.6 is 0 Å². The summed E-state index contributed by atoms with van der Waals surface area (Å²) >= 11 is 0. The van der Waals surface area contributed by atoms with E-state index in [0.717, 1.165) is 17.7 Å². The van der Waals surface area contributed by atoms with Crippen LogP contribution in [0.5, 0.6) is 0 Å². The molecule has 1 aromatic rings. The number of hydrogen-bond donors (Lipinski definition) is 0. The largest absolute Gasteiger partial charge is 0.397 e. The van der Waals surface area contributed by atoms with E-state index in [2.05, 4.69) is 4.18 Å². The summed E-state index contributed by atoms with van der Waals surface area (Å²) < 4.78 is 62.6. The molecule has 0 saturated heterocycles. The van der Waals surface area contributed by atoms with Crippen molar-refractivity contribution in [3.05, 3.63) is 29.8 Å². The minimum atomic E-state index is -4.64. The van der Waals surface area contributed by atoms with Gasteiger partial charge in [-0.05, 0) is 19.1 Å². The molecule has 3 nitrogen and oxygen atoms in total. The van der Waals surface area contributed by atoms with Crippen LogP contribution < -0.4 is 0 Å². The summed E-state index contributed by atoms with van der Waals surface area (Å²) in [7, 11) is -4.64. The minimum Gasteiger partial charge on any atom is -0.241 e. The number of aryl methyl sites for hydroxylation is 1. The van der Waals surface area contributed by atoms with Gasteiger partial charge in [-0.1, -0.05) is 17.7 Å². The predicted molar refractivity (Wildman–Crippen MR) is 50.4 cm³/mol. The first-order chi connectivity index (χ1) is 7.27. The molecular weight excluding hydrogens is 245 g/mol. The molecule has 0 aliphatic carbocycles. The van der Waals surface area contributed by atoms with E-state index in [0.29, 0.717) is 0 Å². The highest BCUT2D eigenvalue weighted by molar-refractivity contribution is 7.86. The Morgan fingerprint density at radius 1 is 1.25 bits per heavy atom. The van der Waals surface area contributed by atoms with Crippen molar-refractivity contribution >= 4 is 10.1 Å². The molecule has 0 amide bonds. The van der Waals surface area contributed by atoms with Crippen molar-refractivity contribution in [1.29, 1.82) is 0 Å². The van der Waals surface area contributed by atoms with Crippen LogP contribution in [0.4, 0.5) is 13.2 Å². The van der Waals surface area contributed by atoms with Gasteiger partial charge in [0.2, 0.25) is 0 Å². The molecule has 1 rings (SSSR count). The molecule has 0 atom stereocenters. The molecule has 0 heterocycles. The maximum Gasteiger partial charge on any atom is 0.397 e. The fraction of sp³-hybridized carbons (Fsp3) is 0.333. The standard InChI is InChI=1S/C9H9F3O3S/c1-7-2-4-8(5-3-7)16(13,14)15-9(11,12)6-10/h2-5H,6H2,1H3. The third-order valence-corrected chi connectivity index (χ3v) is 3.01. The summed E-state index contributed by atoms with van der Waals surface area (Å²) in [6, 6.07) is 5.06. The van der Waals surface area contributed by atoms with Crippen LogP contribution in [0.1, 0.15) is 5.56 Å². The van der Waals surface area contributed by atoms with E-state index in [1.807, 2.05) is 0 Å². The van der Waals surface area contributed by atoms with E-state index in [1.165, 1.54) is 12.1 Å². The lowest BCUT2D eigenvalue weighted by Crippen LogP contribution is -2.27. The van der Waals surface area contributed by atoms with Crippen LogP contribution in [0, 0.1) is 6.92 Å². The van der Waals surface area contributed by atoms with Gasteiger partial charge in [-0.25, -0.2) is 4.39 Å². The van der Waals surface area contributed by atoms with Crippen LogP contribution in [0.2, 0.25) is 0 Å². The highest BCUT2D eigenvalue weighted by atomic mass is 32.2. The van der Waals surface area contributed by atoms with E-state index >= 15 is 0 Å². The van der Waals surface area contributed by atoms with Crippen molar-refractivity contribution in [1.82, 2.24) is 0 Å². The van der Waals surface area contributed by atoms with E-state index in [4.69, 9.17) is 0 Å². The van der Waals surface area contributed by atoms with Gasteiger partial charge in [-0.2, -0.15) is 21.4 Å². The molecule has 0 bridgehead atoms. The third-order valence-electron chi connectivity index (χ3n) is 1.70. The maximum absolute atomic E-state index is 12.4. The maximum atomic E-state index is 12.4. The zero-order valence-electron chi connectivity index (χ0n) is 8.28. The predicted octanol–water partition coefficient (Wildman–Crippen LogP) is 2.26. The van der Waals surface area contributed by atoms with Crippen molar-refractivity contribution < 1.29 is 25.8 Å². The second-order valence-corrected chi connectivity index (χ2v) is 4.67. The van der Waals surface area contributed by atoms with Gasteiger partial charge >= 0.3 is 16.2 Å². The molecule has 0 spiro atoms. The SMILES string of the molecule is Cc1ccc(S(=O)(=O)OC(F)(F)CF)cc1. The van der Waals surface area contributed by atoms with Gasteiger partial charge < -0.3 is 0 Å². The molecule has 0 aliphatic rings. The Bertz CT molecular complexity index is 453. The number of benzene rings is 1. The molecule has 0 saturated carbocycles. The highest BCUT2D eigenvalue weighted by Crippen LogP contribution is 2.23. The van der Waals surface area contributed by atoms with E-state index in [1.54, 1.807) is 6.92 Å². The smallest absolute Gasteiger partial charge is 0.241 e. The van der Waals surface area contributed by atoms with Gasteiger partial charge in [0.15, 0.2) is 6.67 Å². The molecule has 90 valence electrons. The molecule has 0 radical (unpaired) electrons. The summed E-state index contributed by atoms with van der Waals surface area (Å²) in [6.07, 6.45) is -4.33. The summed E-state index contributed by atoms with van der Waals surface area (Å²) in [6.45, 7) is -0.495. The molecule has 16 heavy (non-hydrogen) atoms. The first-order valence-electron chi connectivity index (χ1n) is 4.23. The van der Waals surface area contributed by atoms with E-state index in [9.17, 15) is 21.6 Å². The van der Waals surface area contributed by atoms with E-state index < -0.39 is 27.8 Å². The van der Waals surface area contributed by atoms with Gasteiger partial charge in [0.25, 0.3) is 0 Å². The monoisotopic (exact) mass is 254 g/mol. The molecule has 0 unspecified atom stereocenters. The van der Waals surface area contributed by atoms with Crippen molar-refractivity contribution in [2.45, 2.75) is 17.9 Å². The normalized spacial score (nSPS) is 12.8. The number of hydrogen-bond acceptors (Lipinski definition) is 3. The van der Waals surface area contributed by atoms with Crippen LogP contribution in [0.15, 0.2) is 29.2 Å². The second-order valence-electron chi connectivity index (χ2n) is 3.12. The zero-order valence-corrected chi connectivity index (χ0v) is 9.10. The third kappa shape index (κ3) is 3.21. The van der Waals surface area contributed by atoms with Crippen LogP contribution in [0.3, 0.4) is 0 Å². The van der Waals surface area contributed by atoms with Crippen LogP contribution in [-0.2, 0) is 14.3 Å². The lowest BCUT2D eigenvalue weighted by Gasteiger charge is -2.12. The molecule has 0 aliphatic heterocycles. The van der Waals surface area contributed by atoms with Gasteiger partial charge in [-0.3, -0.25) is 0 Å². The first-order valence-corrected chi connectivity index (χ1v) is 5.64. The number of alkyl halides is 3. The van der Waals surface area contributed by atoms with Crippen LogP contribution in [0.25, 0.3) is 0 Å². The Morgan fingerprint density at radius 2 is 1.75 bits per heavy atom. The zero-order chi connectivity index (χ0) is 12.4. The van der Waals surface area contributed by atoms with Gasteiger partial charge in [0.05, 0.1) is 4.90 Å². The second kappa shape index (κ2) is 4.42. The number of halogens is 3. The fourth-order valence-corrected chi connectivity index (χ4v) is 1.87. The van der Waals surface area contributed by atoms with Crippen molar-refractivity contribution in [3.63, 3.8) is 0 Å². The van der Waals surface area contributed by atoms with Crippen LogP contribution in [-0.4, -0.2) is 21.2 Å². The summed E-state index contributed by atoms with van der Waals surface area (Å²) in [5, 5.41) is 0. The summed E-state index contributed by atoms with van der Waals surface area (Å²) in [5.41, 5.74) is 0.760. The Hall–Kier alpha value is -1.08. The minimum absolute atomic E-state index is 0.439. The fourth-order valence-electron chi connectivity index (χ4n) is 0.936. The Morgan fingerprint density at radius 3 is 2.19 bits per heavy atom. The first kappa shape index (κ1) is 13.0. The van der Waals surface area contributed by atoms with E-state index in [-0.39, 0.29) is 0 Å². The molecule has 0 aromatic heterocycles. The Balaban J connectivity index is 2.99. The van der Waals surface area contributed by atoms with Gasteiger partial charge in [0.1, 0.15) is 0 Å². The van der Waals surface area contributed by atoms with Crippen molar-refractivity contribution in [3.8, 4) is 0 Å². The van der Waals surface area contributed by atoms with Crippen molar-refractivity contribution in [2.75, 3.05) is 6.67 Å². The Kier molecular flexibility index (Phi) is 3.59. The topological polar surface area (TPSA) is 43.4 Å². The molecule has 0 fully saturated rings. The summed E-state index contributed by atoms with van der Waals surface area (Å²) in [4.78, 5) is -0.439. The molecular formula is C9H9F3O3S. The quantitative estimate of drug-likeness (QED) is 0.774. The van der Waals surface area contributed by atoms with Crippen molar-refractivity contribution in [2.24, 2.45) is 0 Å². The lowest BCUT2D eigenvalue weighted by molar-refractivity contribution is -0.182. The van der Waals surface area contributed by atoms with Gasteiger partial charge in [-0.15, -0.1) is 0 Å². The average molecular weight is 254 g/mol. The average Bonchev–Trinajstić information content (AvgIpc) is 2.17. The molecule has 7 heteroatoms.